The Hall–Kier alpha value is -4.02. The highest BCUT2D eigenvalue weighted by Gasteiger charge is 2.22. The Morgan fingerprint density at radius 1 is 0.974 bits per heavy atom. The van der Waals surface area contributed by atoms with Gasteiger partial charge in [0.25, 0.3) is 0 Å². The Morgan fingerprint density at radius 3 is 2.36 bits per heavy atom. The van der Waals surface area contributed by atoms with E-state index < -0.39 is 0 Å². The standard InChI is InChI=1S/C29H36N8O2/c1-35(2)20-27(38)37-18-16-36(17-19-37)24-11-9-23(10-12-24)33-29-31-15-13-25(34-29)21-5-7-22(8-6-21)32-28(39)26-4-3-14-30-26/h5-13,15,26,30H,3-4,14,16-20H2,1-2H3,(H,32,39)(H,31,33,34)/t26-/m0/s1. The zero-order chi connectivity index (χ0) is 27.2. The van der Waals surface area contributed by atoms with Gasteiger partial charge in [0.15, 0.2) is 0 Å². The second kappa shape index (κ2) is 12.2. The quantitative estimate of drug-likeness (QED) is 0.410. The van der Waals surface area contributed by atoms with E-state index in [-0.39, 0.29) is 17.9 Å². The third-order valence-corrected chi connectivity index (χ3v) is 7.05. The van der Waals surface area contributed by atoms with E-state index in [4.69, 9.17) is 0 Å². The lowest BCUT2D eigenvalue weighted by Crippen LogP contribution is -2.50. The number of benzene rings is 2. The van der Waals surface area contributed by atoms with Crippen molar-refractivity contribution in [1.29, 1.82) is 0 Å². The van der Waals surface area contributed by atoms with Crippen molar-refractivity contribution in [3.8, 4) is 11.3 Å². The van der Waals surface area contributed by atoms with E-state index >= 15 is 0 Å². The van der Waals surface area contributed by atoms with E-state index in [1.165, 1.54) is 0 Å². The van der Waals surface area contributed by atoms with Gasteiger partial charge in [-0.1, -0.05) is 12.1 Å². The van der Waals surface area contributed by atoms with Crippen molar-refractivity contribution in [2.45, 2.75) is 18.9 Å². The number of hydrogen-bond acceptors (Lipinski definition) is 8. The van der Waals surface area contributed by atoms with E-state index in [0.717, 1.165) is 73.9 Å². The lowest BCUT2D eigenvalue weighted by Gasteiger charge is -2.36. The highest BCUT2D eigenvalue weighted by Crippen LogP contribution is 2.24. The molecule has 0 aliphatic carbocycles. The first kappa shape index (κ1) is 26.6. The van der Waals surface area contributed by atoms with Crippen LogP contribution in [-0.2, 0) is 9.59 Å². The Morgan fingerprint density at radius 2 is 1.69 bits per heavy atom. The van der Waals surface area contributed by atoms with Crippen molar-refractivity contribution in [3.63, 3.8) is 0 Å². The fourth-order valence-electron chi connectivity index (χ4n) is 4.91. The van der Waals surface area contributed by atoms with E-state index in [0.29, 0.717) is 12.5 Å². The maximum Gasteiger partial charge on any atom is 0.241 e. The summed E-state index contributed by atoms with van der Waals surface area (Å²) in [6, 6.07) is 17.7. The first-order valence-corrected chi connectivity index (χ1v) is 13.5. The summed E-state index contributed by atoms with van der Waals surface area (Å²) in [6.07, 6.45) is 3.64. The van der Waals surface area contributed by atoms with E-state index in [2.05, 4.69) is 43.0 Å². The van der Waals surface area contributed by atoms with Gasteiger partial charge in [0.2, 0.25) is 17.8 Å². The molecule has 2 amide bonds. The minimum absolute atomic E-state index is 0.0113. The Bertz CT molecular complexity index is 1270. The minimum atomic E-state index is -0.108. The fraction of sp³-hybridized carbons (Fsp3) is 0.379. The Labute approximate surface area is 229 Å². The van der Waals surface area contributed by atoms with Crippen LogP contribution in [0.15, 0.2) is 60.8 Å². The fourth-order valence-corrected chi connectivity index (χ4v) is 4.91. The first-order valence-electron chi connectivity index (χ1n) is 13.5. The Balaban J connectivity index is 1.16. The van der Waals surface area contributed by atoms with Crippen LogP contribution in [0.2, 0.25) is 0 Å². The number of carbonyl (C=O) groups is 2. The molecule has 5 rings (SSSR count). The monoisotopic (exact) mass is 528 g/mol. The molecule has 1 aromatic heterocycles. The summed E-state index contributed by atoms with van der Waals surface area (Å²) in [7, 11) is 3.83. The number of piperazine rings is 1. The number of rotatable bonds is 8. The summed E-state index contributed by atoms with van der Waals surface area (Å²) >= 11 is 0. The zero-order valence-electron chi connectivity index (χ0n) is 22.6. The van der Waals surface area contributed by atoms with Gasteiger partial charge in [-0.25, -0.2) is 9.97 Å². The van der Waals surface area contributed by atoms with Crippen molar-refractivity contribution >= 4 is 34.8 Å². The molecule has 2 aromatic carbocycles. The summed E-state index contributed by atoms with van der Waals surface area (Å²) in [4.78, 5) is 39.9. The van der Waals surface area contributed by atoms with Gasteiger partial charge in [-0.15, -0.1) is 0 Å². The third-order valence-electron chi connectivity index (χ3n) is 7.05. The number of nitrogens with one attached hydrogen (secondary N) is 3. The highest BCUT2D eigenvalue weighted by atomic mass is 16.2. The van der Waals surface area contributed by atoms with Crippen molar-refractivity contribution in [2.75, 3.05) is 68.9 Å². The summed E-state index contributed by atoms with van der Waals surface area (Å²) < 4.78 is 0. The van der Waals surface area contributed by atoms with Crippen LogP contribution in [0, 0.1) is 0 Å². The van der Waals surface area contributed by atoms with Gasteiger partial charge in [0.1, 0.15) is 0 Å². The van der Waals surface area contributed by atoms with Crippen LogP contribution in [0.25, 0.3) is 11.3 Å². The van der Waals surface area contributed by atoms with Crippen LogP contribution in [0.4, 0.5) is 23.0 Å². The van der Waals surface area contributed by atoms with Crippen molar-refractivity contribution < 1.29 is 9.59 Å². The van der Waals surface area contributed by atoms with Gasteiger partial charge >= 0.3 is 0 Å². The normalized spacial score (nSPS) is 17.4. The predicted molar refractivity (Wildman–Crippen MR) is 154 cm³/mol. The molecule has 3 heterocycles. The number of anilines is 4. The first-order chi connectivity index (χ1) is 18.9. The zero-order valence-corrected chi connectivity index (χ0v) is 22.6. The van der Waals surface area contributed by atoms with Gasteiger partial charge in [0.05, 0.1) is 18.3 Å². The molecule has 204 valence electrons. The van der Waals surface area contributed by atoms with Crippen LogP contribution in [0.3, 0.4) is 0 Å². The van der Waals surface area contributed by atoms with Crippen LogP contribution >= 0.6 is 0 Å². The predicted octanol–water partition coefficient (Wildman–Crippen LogP) is 2.79. The van der Waals surface area contributed by atoms with Crippen molar-refractivity contribution in [2.24, 2.45) is 0 Å². The van der Waals surface area contributed by atoms with Crippen LogP contribution in [0.1, 0.15) is 12.8 Å². The molecule has 0 unspecified atom stereocenters. The molecule has 1 atom stereocenters. The molecule has 0 radical (unpaired) electrons. The molecule has 0 spiro atoms. The van der Waals surface area contributed by atoms with Crippen molar-refractivity contribution in [3.05, 3.63) is 60.8 Å². The number of aromatic nitrogens is 2. The summed E-state index contributed by atoms with van der Waals surface area (Å²) in [5.41, 5.74) is 4.53. The smallest absolute Gasteiger partial charge is 0.241 e. The molecule has 10 heteroatoms. The van der Waals surface area contributed by atoms with Crippen LogP contribution in [-0.4, -0.2) is 91.0 Å². The molecule has 2 fully saturated rings. The SMILES string of the molecule is CN(C)CC(=O)N1CCN(c2ccc(Nc3nccc(-c4ccc(NC(=O)[C@@H]5CCCN5)cc4)n3)cc2)CC1. The van der Waals surface area contributed by atoms with Crippen LogP contribution < -0.4 is 20.9 Å². The lowest BCUT2D eigenvalue weighted by molar-refractivity contribution is -0.132. The average molecular weight is 529 g/mol. The van der Waals surface area contributed by atoms with Gasteiger partial charge < -0.3 is 30.7 Å². The van der Waals surface area contributed by atoms with E-state index in [9.17, 15) is 9.59 Å². The minimum Gasteiger partial charge on any atom is -0.368 e. The third kappa shape index (κ3) is 6.90. The molecule has 3 N–H and O–H groups in total. The van der Waals surface area contributed by atoms with Crippen molar-refractivity contribution in [1.82, 2.24) is 25.1 Å². The molecule has 2 aliphatic heterocycles. The number of nitrogens with zero attached hydrogens (tertiary/aromatic N) is 5. The number of likely N-dealkylation sites (N-methyl/N-ethyl adjacent to an activating group) is 1. The average Bonchev–Trinajstić information content (AvgIpc) is 3.49. The molecule has 10 nitrogen and oxygen atoms in total. The molecule has 0 bridgehead atoms. The molecule has 39 heavy (non-hydrogen) atoms. The van der Waals surface area contributed by atoms with Gasteiger partial charge in [-0.2, -0.15) is 0 Å². The van der Waals surface area contributed by atoms with Gasteiger partial charge in [0, 0.05) is 55.0 Å². The molecule has 0 saturated carbocycles. The summed E-state index contributed by atoms with van der Waals surface area (Å²) in [5, 5.41) is 9.49. The second-order valence-electron chi connectivity index (χ2n) is 10.3. The Kier molecular flexibility index (Phi) is 8.33. The van der Waals surface area contributed by atoms with E-state index in [1.807, 2.05) is 66.4 Å². The molecule has 3 aromatic rings. The molecule has 2 aliphatic rings. The molecular formula is C29H36N8O2. The largest absolute Gasteiger partial charge is 0.368 e. The summed E-state index contributed by atoms with van der Waals surface area (Å²) in [6.45, 7) is 4.44. The maximum atomic E-state index is 12.3. The number of amides is 2. The van der Waals surface area contributed by atoms with E-state index in [1.54, 1.807) is 6.20 Å². The summed E-state index contributed by atoms with van der Waals surface area (Å²) in [5.74, 6) is 0.705. The lowest BCUT2D eigenvalue weighted by atomic mass is 10.1. The topological polar surface area (TPSA) is 106 Å². The molecule has 2 saturated heterocycles. The molecular weight excluding hydrogens is 492 g/mol. The number of carbonyl (C=O) groups excluding carboxylic acids is 2. The number of hydrogen-bond donors (Lipinski definition) is 3. The highest BCUT2D eigenvalue weighted by molar-refractivity contribution is 5.95. The maximum absolute atomic E-state index is 12.3. The van der Waals surface area contributed by atoms with Crippen LogP contribution in [0.5, 0.6) is 0 Å². The van der Waals surface area contributed by atoms with Gasteiger partial charge in [-0.05, 0) is 75.9 Å². The van der Waals surface area contributed by atoms with Gasteiger partial charge in [-0.3, -0.25) is 9.59 Å². The second-order valence-corrected chi connectivity index (χ2v) is 10.3.